The van der Waals surface area contributed by atoms with Crippen molar-refractivity contribution in [3.63, 3.8) is 0 Å². The van der Waals surface area contributed by atoms with Gasteiger partial charge in [0.15, 0.2) is 0 Å². The summed E-state index contributed by atoms with van der Waals surface area (Å²) in [6, 6.07) is 10.7. The molecule has 2 heterocycles. The number of anilines is 1. The van der Waals surface area contributed by atoms with E-state index < -0.39 is 0 Å². The Kier molecular flexibility index (Phi) is 4.36. The van der Waals surface area contributed by atoms with E-state index in [0.717, 1.165) is 26.2 Å². The smallest absolute Gasteiger partial charge is 0.0755 e. The lowest BCUT2D eigenvalue weighted by Crippen LogP contribution is -2.44. The van der Waals surface area contributed by atoms with Gasteiger partial charge in [0.25, 0.3) is 0 Å². The van der Waals surface area contributed by atoms with E-state index in [1.165, 1.54) is 31.4 Å². The zero-order valence-electron chi connectivity index (χ0n) is 11.6. The minimum atomic E-state index is 0.402. The predicted octanol–water partition coefficient (Wildman–Crippen LogP) is 2.42. The maximum Gasteiger partial charge on any atom is 0.0755 e. The Hall–Kier alpha value is -1.06. The van der Waals surface area contributed by atoms with Gasteiger partial charge >= 0.3 is 0 Å². The van der Waals surface area contributed by atoms with Crippen molar-refractivity contribution < 1.29 is 4.74 Å². The van der Waals surface area contributed by atoms with Crippen LogP contribution in [0.25, 0.3) is 0 Å². The van der Waals surface area contributed by atoms with Gasteiger partial charge in [-0.05, 0) is 44.4 Å². The van der Waals surface area contributed by atoms with Crippen molar-refractivity contribution in [2.45, 2.75) is 37.9 Å². The average molecular weight is 260 g/mol. The van der Waals surface area contributed by atoms with E-state index in [0.29, 0.717) is 12.2 Å². The molecule has 1 N–H and O–H groups in total. The molecule has 2 aliphatic rings. The number of ether oxygens (including phenoxy) is 1. The van der Waals surface area contributed by atoms with E-state index in [-0.39, 0.29) is 0 Å². The normalized spacial score (nSPS) is 28.3. The Bertz CT molecular complexity index is 376. The van der Waals surface area contributed by atoms with Crippen LogP contribution >= 0.6 is 0 Å². The largest absolute Gasteiger partial charge is 0.372 e. The summed E-state index contributed by atoms with van der Waals surface area (Å²) >= 11 is 0. The van der Waals surface area contributed by atoms with Gasteiger partial charge in [-0.3, -0.25) is 0 Å². The molecule has 0 radical (unpaired) electrons. The molecule has 0 aromatic heterocycles. The molecule has 2 saturated heterocycles. The van der Waals surface area contributed by atoms with Crippen molar-refractivity contribution in [1.29, 1.82) is 0 Å². The lowest BCUT2D eigenvalue weighted by molar-refractivity contribution is -0.0279. The summed E-state index contributed by atoms with van der Waals surface area (Å²) in [6.07, 6.45) is 5.74. The molecule has 3 heteroatoms. The topological polar surface area (TPSA) is 24.5 Å². The molecule has 3 nitrogen and oxygen atoms in total. The molecular weight excluding hydrogens is 236 g/mol. The van der Waals surface area contributed by atoms with Crippen LogP contribution in [0.2, 0.25) is 0 Å². The number of rotatable bonds is 3. The lowest BCUT2D eigenvalue weighted by atomic mass is 10.1. The first-order chi connectivity index (χ1) is 9.42. The number of hydrogen-bond acceptors (Lipinski definition) is 3. The molecule has 2 fully saturated rings. The van der Waals surface area contributed by atoms with E-state index in [4.69, 9.17) is 4.74 Å². The van der Waals surface area contributed by atoms with Crippen LogP contribution in [0.15, 0.2) is 30.3 Å². The number of piperidine rings is 2. The highest BCUT2D eigenvalue weighted by molar-refractivity contribution is 5.46. The molecule has 2 unspecified atom stereocenters. The molecule has 3 rings (SSSR count). The quantitative estimate of drug-likeness (QED) is 0.903. The van der Waals surface area contributed by atoms with Gasteiger partial charge in [0, 0.05) is 25.3 Å². The third-order valence-corrected chi connectivity index (χ3v) is 4.14. The fourth-order valence-corrected chi connectivity index (χ4v) is 3.13. The molecule has 1 aromatic rings. The van der Waals surface area contributed by atoms with Crippen molar-refractivity contribution in [3.05, 3.63) is 30.3 Å². The second-order valence-electron chi connectivity index (χ2n) is 5.65. The van der Waals surface area contributed by atoms with Crippen molar-refractivity contribution in [2.75, 3.05) is 31.1 Å². The van der Waals surface area contributed by atoms with Crippen molar-refractivity contribution in [2.24, 2.45) is 0 Å². The lowest BCUT2D eigenvalue weighted by Gasteiger charge is -2.37. The van der Waals surface area contributed by atoms with Crippen LogP contribution < -0.4 is 10.2 Å². The monoisotopic (exact) mass is 260 g/mol. The Balaban J connectivity index is 1.55. The molecule has 0 spiro atoms. The van der Waals surface area contributed by atoms with Gasteiger partial charge in [-0.25, -0.2) is 0 Å². The van der Waals surface area contributed by atoms with E-state index in [1.807, 2.05) is 0 Å². The average Bonchev–Trinajstić information content (AvgIpc) is 2.49. The Morgan fingerprint density at radius 3 is 2.68 bits per heavy atom. The van der Waals surface area contributed by atoms with Crippen LogP contribution in [0.1, 0.15) is 25.7 Å². The molecule has 0 amide bonds. The molecule has 0 aliphatic carbocycles. The van der Waals surface area contributed by atoms with Gasteiger partial charge in [-0.2, -0.15) is 0 Å². The van der Waals surface area contributed by atoms with E-state index in [9.17, 15) is 0 Å². The third-order valence-electron chi connectivity index (χ3n) is 4.14. The van der Waals surface area contributed by atoms with Gasteiger partial charge in [0.05, 0.1) is 12.2 Å². The Morgan fingerprint density at radius 2 is 1.89 bits per heavy atom. The fourth-order valence-electron chi connectivity index (χ4n) is 3.13. The van der Waals surface area contributed by atoms with Crippen molar-refractivity contribution in [3.8, 4) is 0 Å². The van der Waals surface area contributed by atoms with Crippen molar-refractivity contribution >= 4 is 5.69 Å². The molecule has 2 atom stereocenters. The summed E-state index contributed by atoms with van der Waals surface area (Å²) in [5, 5.41) is 3.43. The van der Waals surface area contributed by atoms with Crippen LogP contribution in [-0.2, 0) is 4.74 Å². The van der Waals surface area contributed by atoms with Crippen LogP contribution in [0, 0.1) is 0 Å². The zero-order chi connectivity index (χ0) is 12.9. The van der Waals surface area contributed by atoms with Gasteiger partial charge in [-0.1, -0.05) is 18.2 Å². The van der Waals surface area contributed by atoms with Crippen LogP contribution in [-0.4, -0.2) is 38.4 Å². The van der Waals surface area contributed by atoms with Gasteiger partial charge in [0.1, 0.15) is 0 Å². The number of para-hydroxylation sites is 1. The molecule has 2 aliphatic heterocycles. The summed E-state index contributed by atoms with van der Waals surface area (Å²) in [6.45, 7) is 4.38. The molecule has 1 aromatic carbocycles. The summed E-state index contributed by atoms with van der Waals surface area (Å²) in [7, 11) is 0. The third kappa shape index (κ3) is 3.48. The number of nitrogens with one attached hydrogen (secondary N) is 1. The fraction of sp³-hybridized carbons (Fsp3) is 0.625. The minimum Gasteiger partial charge on any atom is -0.372 e. The first-order valence-electron chi connectivity index (χ1n) is 7.58. The highest BCUT2D eigenvalue weighted by Crippen LogP contribution is 2.22. The summed E-state index contributed by atoms with van der Waals surface area (Å²) in [5.41, 5.74) is 1.33. The number of hydrogen-bond donors (Lipinski definition) is 1. The minimum absolute atomic E-state index is 0.402. The predicted molar refractivity (Wildman–Crippen MR) is 78.7 cm³/mol. The second-order valence-corrected chi connectivity index (χ2v) is 5.65. The molecular formula is C16H24N2O. The summed E-state index contributed by atoms with van der Waals surface area (Å²) < 4.78 is 6.28. The van der Waals surface area contributed by atoms with E-state index in [1.54, 1.807) is 0 Å². The van der Waals surface area contributed by atoms with E-state index >= 15 is 0 Å². The van der Waals surface area contributed by atoms with Gasteiger partial charge < -0.3 is 15.0 Å². The molecule has 19 heavy (non-hydrogen) atoms. The Labute approximate surface area is 115 Å². The first kappa shape index (κ1) is 12.9. The second kappa shape index (κ2) is 6.40. The zero-order valence-corrected chi connectivity index (χ0v) is 11.6. The van der Waals surface area contributed by atoms with Crippen LogP contribution in [0.5, 0.6) is 0 Å². The van der Waals surface area contributed by atoms with E-state index in [2.05, 4.69) is 40.5 Å². The number of benzene rings is 1. The van der Waals surface area contributed by atoms with Gasteiger partial charge in [-0.15, -0.1) is 0 Å². The maximum absolute atomic E-state index is 6.28. The Morgan fingerprint density at radius 1 is 1.05 bits per heavy atom. The highest BCUT2D eigenvalue weighted by atomic mass is 16.5. The standard InChI is InChI=1S/C16H24N2O/c1-2-6-14(7-3-1)18-11-5-9-16(13-18)19-15-8-4-10-17-12-15/h1-3,6-7,15-17H,4-5,8-13H2. The molecule has 0 bridgehead atoms. The van der Waals surface area contributed by atoms with Crippen LogP contribution in [0.4, 0.5) is 5.69 Å². The molecule has 0 saturated carbocycles. The SMILES string of the molecule is c1ccc(N2CCCC(OC3CCCNC3)C2)cc1. The maximum atomic E-state index is 6.28. The first-order valence-corrected chi connectivity index (χ1v) is 7.58. The number of nitrogens with zero attached hydrogens (tertiary/aromatic N) is 1. The highest BCUT2D eigenvalue weighted by Gasteiger charge is 2.24. The van der Waals surface area contributed by atoms with Crippen molar-refractivity contribution in [1.82, 2.24) is 5.32 Å². The van der Waals surface area contributed by atoms with Crippen LogP contribution in [0.3, 0.4) is 0 Å². The summed E-state index contributed by atoms with van der Waals surface area (Å²) in [5.74, 6) is 0. The molecule has 104 valence electrons. The summed E-state index contributed by atoms with van der Waals surface area (Å²) in [4.78, 5) is 2.46. The van der Waals surface area contributed by atoms with Gasteiger partial charge in [0.2, 0.25) is 0 Å².